The number of rotatable bonds is 6. The summed E-state index contributed by atoms with van der Waals surface area (Å²) in [5.74, 6) is -0.258. The lowest BCUT2D eigenvalue weighted by molar-refractivity contribution is -0.156. The Labute approximate surface area is 86.1 Å². The highest BCUT2D eigenvalue weighted by Crippen LogP contribution is 2.18. The molecule has 0 saturated carbocycles. The van der Waals surface area contributed by atoms with Crippen LogP contribution in [0.4, 0.5) is 0 Å². The third-order valence-electron chi connectivity index (χ3n) is 1.70. The van der Waals surface area contributed by atoms with E-state index in [2.05, 4.69) is 6.58 Å². The molecule has 1 atom stereocenters. The minimum Gasteiger partial charge on any atom is -0.460 e. The van der Waals surface area contributed by atoms with Gasteiger partial charge in [0.15, 0.2) is 0 Å². The van der Waals surface area contributed by atoms with E-state index in [-0.39, 0.29) is 12.1 Å². The fourth-order valence-electron chi connectivity index (χ4n) is 1.41. The van der Waals surface area contributed by atoms with E-state index in [1.165, 1.54) is 6.92 Å². The number of esters is 1. The second kappa shape index (κ2) is 5.81. The van der Waals surface area contributed by atoms with Gasteiger partial charge in [0.2, 0.25) is 0 Å². The number of ether oxygens (including phenoxy) is 2. The second-order valence-electron chi connectivity index (χ2n) is 3.99. The highest BCUT2D eigenvalue weighted by molar-refractivity contribution is 5.66. The van der Waals surface area contributed by atoms with Gasteiger partial charge in [0, 0.05) is 13.3 Å². The van der Waals surface area contributed by atoms with Crippen molar-refractivity contribution < 1.29 is 14.3 Å². The molecule has 0 radical (unpaired) electrons. The zero-order valence-corrected chi connectivity index (χ0v) is 9.50. The molecule has 3 heteroatoms. The maximum absolute atomic E-state index is 10.8. The van der Waals surface area contributed by atoms with Crippen molar-refractivity contribution in [3.8, 4) is 0 Å². The van der Waals surface area contributed by atoms with Crippen LogP contribution >= 0.6 is 0 Å². The van der Waals surface area contributed by atoms with Crippen LogP contribution in [0.2, 0.25) is 0 Å². The van der Waals surface area contributed by atoms with Crippen molar-refractivity contribution >= 4 is 5.97 Å². The molecule has 0 spiro atoms. The molecule has 0 unspecified atom stereocenters. The standard InChI is InChI=1S/C11H20O3/c1-6-7-13-9(2)8-11(4,5)14-10(3)12/h6,9H,1,7-8H2,2-5H3/t9-/m0/s1. The average molecular weight is 200 g/mol. The molecule has 0 aromatic carbocycles. The average Bonchev–Trinajstić information content (AvgIpc) is 1.96. The van der Waals surface area contributed by atoms with Crippen LogP contribution in [0, 0.1) is 0 Å². The van der Waals surface area contributed by atoms with E-state index in [4.69, 9.17) is 9.47 Å². The predicted octanol–water partition coefficient (Wildman–Crippen LogP) is 2.31. The lowest BCUT2D eigenvalue weighted by atomic mass is 10.0. The van der Waals surface area contributed by atoms with E-state index in [9.17, 15) is 4.79 Å². The van der Waals surface area contributed by atoms with E-state index in [0.717, 1.165) is 0 Å². The fraction of sp³-hybridized carbons (Fsp3) is 0.727. The van der Waals surface area contributed by atoms with Gasteiger partial charge in [0.05, 0.1) is 12.7 Å². The maximum atomic E-state index is 10.8. The first-order valence-corrected chi connectivity index (χ1v) is 4.79. The molecule has 14 heavy (non-hydrogen) atoms. The fourth-order valence-corrected chi connectivity index (χ4v) is 1.41. The van der Waals surface area contributed by atoms with Crippen LogP contribution in [0.25, 0.3) is 0 Å². The molecule has 0 aliphatic heterocycles. The second-order valence-corrected chi connectivity index (χ2v) is 3.99. The number of carbonyl (C=O) groups is 1. The van der Waals surface area contributed by atoms with Crippen molar-refractivity contribution in [2.45, 2.75) is 45.8 Å². The molecule has 0 aliphatic carbocycles. The summed E-state index contributed by atoms with van der Waals surface area (Å²) in [7, 11) is 0. The molecule has 0 rings (SSSR count). The quantitative estimate of drug-likeness (QED) is 0.487. The summed E-state index contributed by atoms with van der Waals surface area (Å²) >= 11 is 0. The Morgan fingerprint density at radius 1 is 1.57 bits per heavy atom. The van der Waals surface area contributed by atoms with Crippen molar-refractivity contribution in [3.05, 3.63) is 12.7 Å². The van der Waals surface area contributed by atoms with Gasteiger partial charge in [0.25, 0.3) is 0 Å². The molecule has 0 amide bonds. The minimum absolute atomic E-state index is 0.0577. The summed E-state index contributed by atoms with van der Waals surface area (Å²) in [6, 6.07) is 0. The minimum atomic E-state index is -0.466. The smallest absolute Gasteiger partial charge is 0.303 e. The highest BCUT2D eigenvalue weighted by atomic mass is 16.6. The Kier molecular flexibility index (Phi) is 5.46. The van der Waals surface area contributed by atoms with Gasteiger partial charge in [-0.25, -0.2) is 0 Å². The van der Waals surface area contributed by atoms with Gasteiger partial charge in [-0.2, -0.15) is 0 Å². The van der Waals surface area contributed by atoms with Gasteiger partial charge < -0.3 is 9.47 Å². The lowest BCUT2D eigenvalue weighted by Gasteiger charge is -2.27. The maximum Gasteiger partial charge on any atom is 0.303 e. The van der Waals surface area contributed by atoms with Gasteiger partial charge in [0.1, 0.15) is 5.60 Å². The van der Waals surface area contributed by atoms with Gasteiger partial charge in [-0.05, 0) is 20.8 Å². The molecule has 0 bridgehead atoms. The van der Waals surface area contributed by atoms with Crippen LogP contribution in [-0.4, -0.2) is 24.3 Å². The Balaban J connectivity index is 3.93. The van der Waals surface area contributed by atoms with Crippen LogP contribution in [0.1, 0.15) is 34.1 Å². The topological polar surface area (TPSA) is 35.5 Å². The molecule has 0 aromatic heterocycles. The number of carbonyl (C=O) groups excluding carboxylic acids is 1. The van der Waals surface area contributed by atoms with E-state index < -0.39 is 5.60 Å². The third-order valence-corrected chi connectivity index (χ3v) is 1.70. The molecule has 0 heterocycles. The Hall–Kier alpha value is -0.830. The Bertz CT molecular complexity index is 197. The molecule has 0 aliphatic rings. The largest absolute Gasteiger partial charge is 0.460 e. The van der Waals surface area contributed by atoms with Crippen molar-refractivity contribution in [2.24, 2.45) is 0 Å². The number of hydrogen-bond acceptors (Lipinski definition) is 3. The normalized spacial score (nSPS) is 13.4. The Morgan fingerprint density at radius 2 is 2.14 bits per heavy atom. The van der Waals surface area contributed by atoms with E-state index >= 15 is 0 Å². The van der Waals surface area contributed by atoms with Gasteiger partial charge in [-0.15, -0.1) is 6.58 Å². The molecule has 0 aromatic rings. The lowest BCUT2D eigenvalue weighted by Crippen LogP contribution is -2.31. The zero-order chi connectivity index (χ0) is 11.2. The molecule has 0 fully saturated rings. The van der Waals surface area contributed by atoms with Crippen LogP contribution in [0.3, 0.4) is 0 Å². The Morgan fingerprint density at radius 3 is 2.57 bits per heavy atom. The first-order valence-electron chi connectivity index (χ1n) is 4.79. The molecule has 82 valence electrons. The predicted molar refractivity (Wildman–Crippen MR) is 56.1 cm³/mol. The molecule has 0 saturated heterocycles. The van der Waals surface area contributed by atoms with Gasteiger partial charge in [-0.3, -0.25) is 4.79 Å². The molecular weight excluding hydrogens is 180 g/mol. The van der Waals surface area contributed by atoms with Crippen molar-refractivity contribution in [3.63, 3.8) is 0 Å². The molecular formula is C11H20O3. The van der Waals surface area contributed by atoms with Crippen LogP contribution in [0.5, 0.6) is 0 Å². The van der Waals surface area contributed by atoms with E-state index in [1.807, 2.05) is 20.8 Å². The van der Waals surface area contributed by atoms with Crippen molar-refractivity contribution in [1.29, 1.82) is 0 Å². The summed E-state index contributed by atoms with van der Waals surface area (Å²) in [5.41, 5.74) is -0.466. The van der Waals surface area contributed by atoms with Gasteiger partial charge in [-0.1, -0.05) is 6.08 Å². The summed E-state index contributed by atoms with van der Waals surface area (Å²) in [6.07, 6.45) is 2.44. The summed E-state index contributed by atoms with van der Waals surface area (Å²) in [5, 5.41) is 0. The van der Waals surface area contributed by atoms with E-state index in [1.54, 1.807) is 6.08 Å². The molecule has 0 N–H and O–H groups in total. The SMILES string of the molecule is C=CCO[C@@H](C)CC(C)(C)OC(C)=O. The monoisotopic (exact) mass is 200 g/mol. The number of hydrogen-bond donors (Lipinski definition) is 0. The first kappa shape index (κ1) is 13.2. The van der Waals surface area contributed by atoms with Crippen LogP contribution in [-0.2, 0) is 14.3 Å². The third kappa shape index (κ3) is 6.66. The summed E-state index contributed by atoms with van der Waals surface area (Å²) in [6.45, 7) is 11.2. The van der Waals surface area contributed by atoms with Crippen molar-refractivity contribution in [1.82, 2.24) is 0 Å². The zero-order valence-electron chi connectivity index (χ0n) is 9.50. The highest BCUT2D eigenvalue weighted by Gasteiger charge is 2.24. The van der Waals surface area contributed by atoms with Gasteiger partial charge >= 0.3 is 5.97 Å². The summed E-state index contributed by atoms with van der Waals surface area (Å²) in [4.78, 5) is 10.8. The summed E-state index contributed by atoms with van der Waals surface area (Å²) < 4.78 is 10.5. The molecule has 3 nitrogen and oxygen atoms in total. The first-order chi connectivity index (χ1) is 6.37. The van der Waals surface area contributed by atoms with Crippen molar-refractivity contribution in [2.75, 3.05) is 6.61 Å². The van der Waals surface area contributed by atoms with Crippen LogP contribution in [0.15, 0.2) is 12.7 Å². The van der Waals surface area contributed by atoms with E-state index in [0.29, 0.717) is 13.0 Å². The van der Waals surface area contributed by atoms with Crippen LogP contribution < -0.4 is 0 Å².